The van der Waals surface area contributed by atoms with Crippen molar-refractivity contribution in [2.75, 3.05) is 6.54 Å². The third-order valence-electron chi connectivity index (χ3n) is 3.96. The Kier molecular flexibility index (Phi) is 3.05. The van der Waals surface area contributed by atoms with E-state index in [2.05, 4.69) is 45.1 Å². The molecule has 90 valence electrons. The van der Waals surface area contributed by atoms with Crippen molar-refractivity contribution >= 4 is 21.7 Å². The fraction of sp³-hybridized carbons (Fsp3) is 0.500. The highest BCUT2D eigenvalue weighted by Gasteiger charge is 2.37. The van der Waals surface area contributed by atoms with E-state index in [0.29, 0.717) is 24.3 Å². The number of hydrogen-bond acceptors (Lipinski definition) is 2. The van der Waals surface area contributed by atoms with E-state index in [1.54, 1.807) is 0 Å². The highest BCUT2D eigenvalue weighted by molar-refractivity contribution is 9.10. The van der Waals surface area contributed by atoms with Crippen molar-refractivity contribution in [1.29, 1.82) is 0 Å². The highest BCUT2D eigenvalue weighted by atomic mass is 79.9. The van der Waals surface area contributed by atoms with Crippen LogP contribution in [0.3, 0.4) is 0 Å². The molecule has 0 bridgehead atoms. The summed E-state index contributed by atoms with van der Waals surface area (Å²) in [6, 6.07) is 9.24. The third-order valence-corrected chi connectivity index (χ3v) is 4.49. The number of Topliss-reactive ketones (excluding diaryl/α,β-unsaturated/α-hetero) is 1. The Bertz CT molecular complexity index is 428. The molecule has 0 radical (unpaired) electrons. The van der Waals surface area contributed by atoms with Gasteiger partial charge in [0.25, 0.3) is 0 Å². The van der Waals surface area contributed by atoms with Crippen molar-refractivity contribution in [3.8, 4) is 0 Å². The van der Waals surface area contributed by atoms with Crippen LogP contribution in [0.15, 0.2) is 28.7 Å². The average Bonchev–Trinajstić information content (AvgIpc) is 2.77. The highest BCUT2D eigenvalue weighted by Crippen LogP contribution is 2.38. The van der Waals surface area contributed by atoms with E-state index in [-0.39, 0.29) is 0 Å². The fourth-order valence-corrected chi connectivity index (χ4v) is 3.43. The van der Waals surface area contributed by atoms with E-state index in [4.69, 9.17) is 0 Å². The van der Waals surface area contributed by atoms with Crippen molar-refractivity contribution in [3.05, 3.63) is 34.3 Å². The molecule has 17 heavy (non-hydrogen) atoms. The Morgan fingerprint density at radius 2 is 1.94 bits per heavy atom. The average molecular weight is 294 g/mol. The van der Waals surface area contributed by atoms with Crippen LogP contribution < -0.4 is 0 Å². The first kappa shape index (κ1) is 11.4. The molecule has 2 nitrogen and oxygen atoms in total. The van der Waals surface area contributed by atoms with Gasteiger partial charge in [-0.05, 0) is 37.1 Å². The molecule has 1 aromatic carbocycles. The van der Waals surface area contributed by atoms with Crippen LogP contribution >= 0.6 is 15.9 Å². The lowest BCUT2D eigenvalue weighted by Gasteiger charge is -2.37. The Labute approximate surface area is 110 Å². The Morgan fingerprint density at radius 1 is 1.18 bits per heavy atom. The number of carbonyl (C=O) groups excluding carboxylic acids is 1. The topological polar surface area (TPSA) is 20.3 Å². The van der Waals surface area contributed by atoms with Gasteiger partial charge in [0, 0.05) is 29.4 Å². The van der Waals surface area contributed by atoms with Crippen molar-refractivity contribution in [3.63, 3.8) is 0 Å². The predicted molar refractivity (Wildman–Crippen MR) is 70.9 cm³/mol. The van der Waals surface area contributed by atoms with Gasteiger partial charge in [-0.15, -0.1) is 0 Å². The molecular formula is C14H16BrNO. The smallest absolute Gasteiger partial charge is 0.136 e. The maximum Gasteiger partial charge on any atom is 0.136 e. The minimum absolute atomic E-state index is 0.317. The molecule has 0 saturated carbocycles. The maximum absolute atomic E-state index is 11.8. The van der Waals surface area contributed by atoms with Crippen LogP contribution in [0.4, 0.5) is 0 Å². The lowest BCUT2D eigenvalue weighted by Crippen LogP contribution is -2.40. The zero-order chi connectivity index (χ0) is 11.8. The van der Waals surface area contributed by atoms with Gasteiger partial charge in [0.15, 0.2) is 0 Å². The van der Waals surface area contributed by atoms with Gasteiger partial charge in [-0.3, -0.25) is 9.69 Å². The molecule has 1 aromatic rings. The Hall–Kier alpha value is -0.670. The largest absolute Gasteiger partial charge is 0.300 e. The molecule has 0 unspecified atom stereocenters. The van der Waals surface area contributed by atoms with Gasteiger partial charge in [-0.2, -0.15) is 0 Å². The fourth-order valence-electron chi connectivity index (χ4n) is 3.16. The number of piperidine rings is 1. The molecule has 3 rings (SSSR count). The monoisotopic (exact) mass is 293 g/mol. The van der Waals surface area contributed by atoms with E-state index >= 15 is 0 Å². The molecule has 2 saturated heterocycles. The minimum atomic E-state index is 0.317. The summed E-state index contributed by atoms with van der Waals surface area (Å²) >= 11 is 3.46. The van der Waals surface area contributed by atoms with Crippen molar-refractivity contribution in [1.82, 2.24) is 4.90 Å². The molecular weight excluding hydrogens is 278 g/mol. The lowest BCUT2D eigenvalue weighted by molar-refractivity contribution is -0.124. The summed E-state index contributed by atoms with van der Waals surface area (Å²) in [5.41, 5.74) is 1.29. The predicted octanol–water partition coefficient (Wildman–Crippen LogP) is 3.32. The van der Waals surface area contributed by atoms with Crippen LogP contribution in [0.2, 0.25) is 0 Å². The lowest BCUT2D eigenvalue weighted by atomic mass is 9.91. The molecule has 0 amide bonds. The zero-order valence-electron chi connectivity index (χ0n) is 9.73. The summed E-state index contributed by atoms with van der Waals surface area (Å²) in [4.78, 5) is 14.4. The van der Waals surface area contributed by atoms with Crippen molar-refractivity contribution in [2.45, 2.75) is 37.8 Å². The molecule has 0 aromatic heterocycles. The summed E-state index contributed by atoms with van der Waals surface area (Å²) in [6.07, 6.45) is 3.90. The third kappa shape index (κ3) is 2.18. The van der Waals surface area contributed by atoms with Crippen LogP contribution in [0.25, 0.3) is 0 Å². The standard InChI is InChI=1S/C14H16BrNO/c15-11-5-3-10(4-6-11)14-9-13(17)8-12-2-1-7-16(12)14/h3-6,12,14H,1-2,7-9H2/t12-,14+/m0/s1. The van der Waals surface area contributed by atoms with Gasteiger partial charge < -0.3 is 0 Å². The number of rotatable bonds is 1. The number of hydrogen-bond donors (Lipinski definition) is 0. The number of benzene rings is 1. The zero-order valence-corrected chi connectivity index (χ0v) is 11.3. The Balaban J connectivity index is 1.89. The molecule has 0 spiro atoms. The van der Waals surface area contributed by atoms with Crippen LogP contribution in [-0.2, 0) is 4.79 Å². The van der Waals surface area contributed by atoms with Gasteiger partial charge in [0.1, 0.15) is 5.78 Å². The van der Waals surface area contributed by atoms with E-state index < -0.39 is 0 Å². The summed E-state index contributed by atoms with van der Waals surface area (Å²) < 4.78 is 1.10. The number of fused-ring (bicyclic) bond motifs is 1. The minimum Gasteiger partial charge on any atom is -0.300 e. The summed E-state index contributed by atoms with van der Waals surface area (Å²) in [7, 11) is 0. The van der Waals surface area contributed by atoms with Gasteiger partial charge in [0.2, 0.25) is 0 Å². The molecule has 2 aliphatic rings. The van der Waals surface area contributed by atoms with Crippen LogP contribution in [0.5, 0.6) is 0 Å². The van der Waals surface area contributed by atoms with Crippen LogP contribution in [-0.4, -0.2) is 23.3 Å². The van der Waals surface area contributed by atoms with E-state index in [1.807, 2.05) is 0 Å². The molecule has 3 heteroatoms. The quantitative estimate of drug-likeness (QED) is 0.792. The Morgan fingerprint density at radius 3 is 2.71 bits per heavy atom. The van der Waals surface area contributed by atoms with Gasteiger partial charge in [-0.25, -0.2) is 0 Å². The van der Waals surface area contributed by atoms with Crippen molar-refractivity contribution < 1.29 is 4.79 Å². The molecule has 2 atom stereocenters. The second kappa shape index (κ2) is 4.54. The molecule has 0 aliphatic carbocycles. The molecule has 0 N–H and O–H groups in total. The SMILES string of the molecule is O=C1C[C@@H]2CCCN2[C@@H](c2ccc(Br)cc2)C1. The normalized spacial score (nSPS) is 29.4. The van der Waals surface area contributed by atoms with Crippen molar-refractivity contribution in [2.24, 2.45) is 0 Å². The van der Waals surface area contributed by atoms with E-state index in [9.17, 15) is 4.79 Å². The van der Waals surface area contributed by atoms with Gasteiger partial charge in [-0.1, -0.05) is 28.1 Å². The van der Waals surface area contributed by atoms with Crippen LogP contribution in [0, 0.1) is 0 Å². The summed E-state index contributed by atoms with van der Waals surface area (Å²) in [6.45, 7) is 1.15. The summed E-state index contributed by atoms with van der Waals surface area (Å²) in [5.74, 6) is 0.432. The second-order valence-electron chi connectivity index (χ2n) is 5.05. The molecule has 2 fully saturated rings. The molecule has 2 heterocycles. The number of ketones is 1. The van der Waals surface area contributed by atoms with E-state index in [0.717, 1.165) is 17.4 Å². The number of halogens is 1. The first-order valence-electron chi connectivity index (χ1n) is 6.27. The maximum atomic E-state index is 11.8. The van der Waals surface area contributed by atoms with Gasteiger partial charge >= 0.3 is 0 Å². The first-order chi connectivity index (χ1) is 8.24. The first-order valence-corrected chi connectivity index (χ1v) is 7.06. The second-order valence-corrected chi connectivity index (χ2v) is 5.96. The summed E-state index contributed by atoms with van der Waals surface area (Å²) in [5, 5.41) is 0. The molecule has 2 aliphatic heterocycles. The van der Waals surface area contributed by atoms with E-state index in [1.165, 1.54) is 18.4 Å². The van der Waals surface area contributed by atoms with Crippen LogP contribution in [0.1, 0.15) is 37.3 Å². The number of nitrogens with zero attached hydrogens (tertiary/aromatic N) is 1. The number of carbonyl (C=O) groups is 1. The van der Waals surface area contributed by atoms with Gasteiger partial charge in [0.05, 0.1) is 0 Å².